The molecule has 1 rings (SSSR count). The fraction of sp³-hybridized carbons (Fsp3) is 0.300. The second-order valence-electron chi connectivity index (χ2n) is 3.25. The molecule has 0 saturated carbocycles. The minimum absolute atomic E-state index is 0.432. The van der Waals surface area contributed by atoms with Gasteiger partial charge in [0.1, 0.15) is 17.6 Å². The van der Waals surface area contributed by atoms with Crippen molar-refractivity contribution in [2.75, 3.05) is 0 Å². The van der Waals surface area contributed by atoms with E-state index >= 15 is 0 Å². The lowest BCUT2D eigenvalue weighted by Gasteiger charge is -2.23. The van der Waals surface area contributed by atoms with E-state index < -0.39 is 5.60 Å². The molecule has 1 aromatic rings. The van der Waals surface area contributed by atoms with Crippen molar-refractivity contribution in [3.8, 4) is 5.40 Å². The van der Waals surface area contributed by atoms with Crippen LogP contribution in [0.15, 0.2) is 24.3 Å². The van der Waals surface area contributed by atoms with Crippen molar-refractivity contribution in [3.05, 3.63) is 33.4 Å². The highest BCUT2D eigenvalue weighted by atomic mass is 127. The lowest BCUT2D eigenvalue weighted by molar-refractivity contribution is 0.142. The van der Waals surface area contributed by atoms with Crippen LogP contribution in [0.3, 0.4) is 0 Å². The second kappa shape index (κ2) is 5.01. The van der Waals surface area contributed by atoms with E-state index in [1.807, 2.05) is 43.5 Å². The van der Waals surface area contributed by atoms with Crippen molar-refractivity contribution >= 4 is 34.6 Å². The van der Waals surface area contributed by atoms with E-state index in [-0.39, 0.29) is 0 Å². The van der Waals surface area contributed by atoms with E-state index in [0.29, 0.717) is 0 Å². The zero-order chi connectivity index (χ0) is 10.6. The minimum atomic E-state index is -0.432. The molecule has 1 aromatic carbocycles. The van der Waals surface area contributed by atoms with Crippen molar-refractivity contribution in [3.63, 3.8) is 0 Å². The van der Waals surface area contributed by atoms with Gasteiger partial charge in [-0.25, -0.2) is 0 Å². The Morgan fingerprint density at radius 1 is 1.43 bits per heavy atom. The van der Waals surface area contributed by atoms with Crippen LogP contribution in [-0.4, -0.2) is 0 Å². The Hall–Kier alpha value is -0.250. The Morgan fingerprint density at radius 3 is 2.64 bits per heavy atom. The number of rotatable bonds is 3. The summed E-state index contributed by atoms with van der Waals surface area (Å²) in [5, 5.41) is 10.3. The molecular formula is C10H10INOS. The summed E-state index contributed by atoms with van der Waals surface area (Å²) in [6.07, 6.45) is 0. The zero-order valence-corrected chi connectivity index (χ0v) is 10.9. The molecule has 0 aromatic heterocycles. The maximum atomic E-state index is 8.43. The molecule has 2 nitrogen and oxygen atoms in total. The summed E-state index contributed by atoms with van der Waals surface area (Å²) in [6.45, 7) is 3.91. The first kappa shape index (κ1) is 11.8. The molecular weight excluding hydrogens is 309 g/mol. The largest absolute Gasteiger partial charge is 0.291 e. The van der Waals surface area contributed by atoms with Gasteiger partial charge < -0.3 is 0 Å². The van der Waals surface area contributed by atoms with E-state index in [0.717, 1.165) is 21.2 Å². The Bertz CT molecular complexity index is 359. The second-order valence-corrected chi connectivity index (χ2v) is 4.93. The fourth-order valence-electron chi connectivity index (χ4n) is 1.12. The molecule has 0 amide bonds. The molecule has 0 spiro atoms. The summed E-state index contributed by atoms with van der Waals surface area (Å²) in [5.74, 6) is 0. The van der Waals surface area contributed by atoms with Gasteiger partial charge in [-0.05, 0) is 48.1 Å². The van der Waals surface area contributed by atoms with Crippen molar-refractivity contribution in [1.82, 2.24) is 0 Å². The van der Waals surface area contributed by atoms with Gasteiger partial charge in [-0.15, -0.1) is 0 Å². The third kappa shape index (κ3) is 2.87. The highest BCUT2D eigenvalue weighted by Crippen LogP contribution is 2.31. The van der Waals surface area contributed by atoms with Crippen LogP contribution in [-0.2, 0) is 9.78 Å². The van der Waals surface area contributed by atoms with E-state index in [9.17, 15) is 0 Å². The molecule has 74 valence electrons. The van der Waals surface area contributed by atoms with Gasteiger partial charge in [-0.1, -0.05) is 18.2 Å². The Labute approximate surface area is 102 Å². The maximum Gasteiger partial charge on any atom is 0.163 e. The summed E-state index contributed by atoms with van der Waals surface area (Å²) < 4.78 is 6.54. The van der Waals surface area contributed by atoms with Crippen LogP contribution in [0.25, 0.3) is 0 Å². The normalized spacial score (nSPS) is 11.0. The van der Waals surface area contributed by atoms with Gasteiger partial charge in [0, 0.05) is 3.57 Å². The van der Waals surface area contributed by atoms with Gasteiger partial charge in [-0.2, -0.15) is 5.26 Å². The van der Waals surface area contributed by atoms with Crippen molar-refractivity contribution in [1.29, 1.82) is 5.26 Å². The highest BCUT2D eigenvalue weighted by molar-refractivity contribution is 14.1. The number of halogens is 1. The number of nitriles is 1. The van der Waals surface area contributed by atoms with Gasteiger partial charge in [0.25, 0.3) is 0 Å². The minimum Gasteiger partial charge on any atom is -0.291 e. The average molecular weight is 319 g/mol. The van der Waals surface area contributed by atoms with Gasteiger partial charge in [-0.3, -0.25) is 4.18 Å². The zero-order valence-electron chi connectivity index (χ0n) is 7.95. The molecule has 0 unspecified atom stereocenters. The van der Waals surface area contributed by atoms with Crippen LogP contribution in [0.1, 0.15) is 19.4 Å². The van der Waals surface area contributed by atoms with Crippen LogP contribution in [0.5, 0.6) is 0 Å². The summed E-state index contributed by atoms with van der Waals surface area (Å²) in [5.41, 5.74) is 0.668. The van der Waals surface area contributed by atoms with Crippen LogP contribution in [0.2, 0.25) is 0 Å². The maximum absolute atomic E-state index is 8.43. The Morgan fingerprint density at radius 2 is 2.07 bits per heavy atom. The molecule has 0 N–H and O–H groups in total. The smallest absolute Gasteiger partial charge is 0.163 e. The SMILES string of the molecule is CC(C)(OSC#N)c1ccccc1I. The topological polar surface area (TPSA) is 33.0 Å². The molecule has 14 heavy (non-hydrogen) atoms. The standard InChI is InChI=1S/C10H10INOS/c1-10(2,13-14-7-12)8-5-3-4-6-9(8)11/h3-6H,1-2H3. The third-order valence-electron chi connectivity index (χ3n) is 1.81. The van der Waals surface area contributed by atoms with Crippen molar-refractivity contribution in [2.45, 2.75) is 19.4 Å². The molecule has 4 heteroatoms. The number of benzene rings is 1. The van der Waals surface area contributed by atoms with Gasteiger partial charge in [0.2, 0.25) is 0 Å². The number of nitrogens with zero attached hydrogens (tertiary/aromatic N) is 1. The molecule has 0 fully saturated rings. The summed E-state index contributed by atoms with van der Waals surface area (Å²) in [4.78, 5) is 0. The summed E-state index contributed by atoms with van der Waals surface area (Å²) in [7, 11) is 0. The quantitative estimate of drug-likeness (QED) is 0.484. The van der Waals surface area contributed by atoms with E-state index in [1.165, 1.54) is 0 Å². The van der Waals surface area contributed by atoms with Crippen LogP contribution in [0, 0.1) is 14.2 Å². The van der Waals surface area contributed by atoms with E-state index in [2.05, 4.69) is 22.6 Å². The van der Waals surface area contributed by atoms with E-state index in [1.54, 1.807) is 0 Å². The summed E-state index contributed by atoms with van der Waals surface area (Å²) >= 11 is 3.09. The molecule has 0 saturated heterocycles. The first-order chi connectivity index (χ1) is 6.58. The molecule has 0 bridgehead atoms. The van der Waals surface area contributed by atoms with Gasteiger partial charge in [0.05, 0.1) is 0 Å². The lowest BCUT2D eigenvalue weighted by Crippen LogP contribution is -2.19. The first-order valence-corrected chi connectivity index (χ1v) is 5.89. The van der Waals surface area contributed by atoms with Crippen LogP contribution < -0.4 is 0 Å². The molecule has 0 radical (unpaired) electrons. The van der Waals surface area contributed by atoms with E-state index in [4.69, 9.17) is 9.44 Å². The van der Waals surface area contributed by atoms with Gasteiger partial charge in [0.15, 0.2) is 5.40 Å². The number of hydrogen-bond donors (Lipinski definition) is 0. The molecule has 0 heterocycles. The van der Waals surface area contributed by atoms with Crippen LogP contribution >= 0.6 is 34.6 Å². The fourth-order valence-corrected chi connectivity index (χ4v) is 2.49. The first-order valence-electron chi connectivity index (χ1n) is 4.06. The Kier molecular flexibility index (Phi) is 4.23. The van der Waals surface area contributed by atoms with Crippen LogP contribution in [0.4, 0.5) is 0 Å². The monoisotopic (exact) mass is 319 g/mol. The summed E-state index contributed by atoms with van der Waals surface area (Å²) in [6, 6.07) is 8.00. The number of hydrogen-bond acceptors (Lipinski definition) is 3. The molecule has 0 aliphatic rings. The average Bonchev–Trinajstić information content (AvgIpc) is 2.15. The van der Waals surface area contributed by atoms with Gasteiger partial charge >= 0.3 is 0 Å². The lowest BCUT2D eigenvalue weighted by atomic mass is 9.99. The highest BCUT2D eigenvalue weighted by Gasteiger charge is 2.24. The Balaban J connectivity index is 2.92. The van der Waals surface area contributed by atoms with Crippen molar-refractivity contribution in [2.24, 2.45) is 0 Å². The van der Waals surface area contributed by atoms with Crippen molar-refractivity contribution < 1.29 is 4.18 Å². The number of thiocyanates is 1. The molecule has 0 aliphatic carbocycles. The predicted octanol–water partition coefficient (Wildman–Crippen LogP) is 3.67. The molecule has 0 atom stereocenters. The third-order valence-corrected chi connectivity index (χ3v) is 3.32. The predicted molar refractivity (Wildman–Crippen MR) is 66.5 cm³/mol. The molecule has 0 aliphatic heterocycles.